The fourth-order valence-corrected chi connectivity index (χ4v) is 3.61. The molecule has 0 saturated carbocycles. The Bertz CT molecular complexity index is 775. The van der Waals surface area contributed by atoms with Crippen LogP contribution in [-0.4, -0.2) is 57.3 Å². The highest BCUT2D eigenvalue weighted by molar-refractivity contribution is 6.31. The van der Waals surface area contributed by atoms with E-state index >= 15 is 0 Å². The van der Waals surface area contributed by atoms with Crippen molar-refractivity contribution in [1.29, 1.82) is 0 Å². The molecule has 0 atom stereocenters. The number of fused-ring (bicyclic) bond motifs is 1. The van der Waals surface area contributed by atoms with Crippen molar-refractivity contribution in [2.45, 2.75) is 38.8 Å². The Labute approximate surface area is 153 Å². The predicted octanol–water partition coefficient (Wildman–Crippen LogP) is 3.33. The van der Waals surface area contributed by atoms with Gasteiger partial charge in [-0.15, -0.1) is 0 Å². The van der Waals surface area contributed by atoms with Crippen LogP contribution in [0.15, 0.2) is 30.5 Å². The van der Waals surface area contributed by atoms with Crippen molar-refractivity contribution in [2.24, 2.45) is 0 Å². The van der Waals surface area contributed by atoms with Crippen molar-refractivity contribution in [2.75, 3.05) is 20.1 Å². The van der Waals surface area contributed by atoms with Gasteiger partial charge in [0, 0.05) is 44.5 Å². The predicted molar refractivity (Wildman–Crippen MR) is 102 cm³/mol. The highest BCUT2D eigenvalue weighted by atomic mass is 35.5. The van der Waals surface area contributed by atoms with E-state index in [4.69, 9.17) is 11.6 Å². The van der Waals surface area contributed by atoms with Gasteiger partial charge in [-0.1, -0.05) is 17.7 Å². The Hall–Kier alpha value is -1.85. The monoisotopic (exact) mass is 360 g/mol. The van der Waals surface area contributed by atoms with Crippen LogP contribution in [0.2, 0.25) is 5.15 Å². The highest BCUT2D eigenvalue weighted by Gasteiger charge is 2.25. The Morgan fingerprint density at radius 3 is 2.76 bits per heavy atom. The van der Waals surface area contributed by atoms with Crippen LogP contribution in [0.5, 0.6) is 0 Å². The zero-order valence-corrected chi connectivity index (χ0v) is 15.8. The van der Waals surface area contributed by atoms with Crippen molar-refractivity contribution >= 4 is 29.2 Å². The van der Waals surface area contributed by atoms with Crippen molar-refractivity contribution in [3.8, 4) is 0 Å². The summed E-state index contributed by atoms with van der Waals surface area (Å²) in [5, 5.41) is 0.406. The number of rotatable bonds is 4. The fraction of sp³-hybridized carbons (Fsp3) is 0.474. The van der Waals surface area contributed by atoms with Gasteiger partial charge in [-0.3, -0.25) is 9.20 Å². The number of nitrogens with zero attached hydrogens (tertiary/aromatic N) is 4. The molecule has 1 amide bonds. The minimum atomic E-state index is 0.00458. The molecular formula is C19H25ClN4O. The van der Waals surface area contributed by atoms with Gasteiger partial charge in [0.05, 0.1) is 5.69 Å². The van der Waals surface area contributed by atoms with Crippen molar-refractivity contribution in [3.63, 3.8) is 0 Å². The van der Waals surface area contributed by atoms with Crippen LogP contribution in [0.1, 0.15) is 32.4 Å². The van der Waals surface area contributed by atoms with E-state index < -0.39 is 0 Å². The summed E-state index contributed by atoms with van der Waals surface area (Å²) in [6.45, 7) is 6.53. The van der Waals surface area contributed by atoms with Gasteiger partial charge >= 0.3 is 0 Å². The molecule has 1 aliphatic rings. The molecule has 1 fully saturated rings. The van der Waals surface area contributed by atoms with Gasteiger partial charge in [0.15, 0.2) is 5.15 Å². The number of hydrogen-bond donors (Lipinski definition) is 0. The van der Waals surface area contributed by atoms with Gasteiger partial charge in [0.2, 0.25) is 5.91 Å². The lowest BCUT2D eigenvalue weighted by Crippen LogP contribution is -2.47. The smallest absolute Gasteiger partial charge is 0.246 e. The Morgan fingerprint density at radius 2 is 2.08 bits per heavy atom. The van der Waals surface area contributed by atoms with E-state index in [9.17, 15) is 4.79 Å². The summed E-state index contributed by atoms with van der Waals surface area (Å²) in [6.07, 6.45) is 7.28. The molecule has 2 aromatic rings. The van der Waals surface area contributed by atoms with Crippen molar-refractivity contribution in [1.82, 2.24) is 19.2 Å². The minimum Gasteiger partial charge on any atom is -0.339 e. The Kier molecular flexibility index (Phi) is 5.45. The van der Waals surface area contributed by atoms with E-state index in [0.717, 1.165) is 37.3 Å². The van der Waals surface area contributed by atoms with Crippen LogP contribution in [0.3, 0.4) is 0 Å². The summed E-state index contributed by atoms with van der Waals surface area (Å²) < 4.78 is 1.88. The quantitative estimate of drug-likeness (QED) is 0.785. The number of carbonyl (C=O) groups is 1. The van der Waals surface area contributed by atoms with E-state index in [1.54, 1.807) is 12.2 Å². The molecule has 0 bridgehead atoms. The second-order valence-electron chi connectivity index (χ2n) is 6.86. The van der Waals surface area contributed by atoms with Crippen molar-refractivity contribution < 1.29 is 4.79 Å². The Morgan fingerprint density at radius 1 is 1.36 bits per heavy atom. The first-order valence-corrected chi connectivity index (χ1v) is 9.16. The molecular weight excluding hydrogens is 336 g/mol. The summed E-state index contributed by atoms with van der Waals surface area (Å²) in [4.78, 5) is 21.2. The largest absolute Gasteiger partial charge is 0.339 e. The molecule has 2 aromatic heterocycles. The maximum Gasteiger partial charge on any atom is 0.246 e. The van der Waals surface area contributed by atoms with Crippen LogP contribution < -0.4 is 0 Å². The van der Waals surface area contributed by atoms with Crippen LogP contribution in [-0.2, 0) is 4.79 Å². The van der Waals surface area contributed by atoms with E-state index in [1.165, 1.54) is 0 Å². The average molecular weight is 361 g/mol. The van der Waals surface area contributed by atoms with Crippen LogP contribution >= 0.6 is 11.6 Å². The first kappa shape index (κ1) is 18.0. The van der Waals surface area contributed by atoms with Gasteiger partial charge in [-0.05, 0) is 44.9 Å². The molecule has 5 nitrogen and oxygen atoms in total. The molecule has 0 unspecified atom stereocenters. The first-order chi connectivity index (χ1) is 12.0. The zero-order valence-electron chi connectivity index (χ0n) is 15.0. The molecule has 3 rings (SSSR count). The molecule has 3 heterocycles. The van der Waals surface area contributed by atoms with Gasteiger partial charge in [0.25, 0.3) is 0 Å². The molecule has 0 radical (unpaired) electrons. The van der Waals surface area contributed by atoms with Crippen molar-refractivity contribution in [3.05, 3.63) is 41.3 Å². The van der Waals surface area contributed by atoms with E-state index in [0.29, 0.717) is 17.2 Å². The summed E-state index contributed by atoms with van der Waals surface area (Å²) in [6, 6.07) is 6.58. The number of amides is 1. The van der Waals surface area contributed by atoms with Crippen LogP contribution in [0.25, 0.3) is 11.7 Å². The molecule has 0 N–H and O–H groups in total. The SMILES string of the molecule is CC(C)N1CCC(N(C)C(=O)/C=C/c2c(Cl)nc3ccccn23)CC1. The molecule has 0 aliphatic carbocycles. The second kappa shape index (κ2) is 7.58. The number of likely N-dealkylation sites (tertiary alicyclic amines) is 1. The third-order valence-corrected chi connectivity index (χ3v) is 5.31. The van der Waals surface area contributed by atoms with E-state index in [1.807, 2.05) is 40.7 Å². The van der Waals surface area contributed by atoms with Crippen LogP contribution in [0, 0.1) is 0 Å². The Balaban J connectivity index is 1.67. The lowest BCUT2D eigenvalue weighted by molar-refractivity contribution is -0.127. The summed E-state index contributed by atoms with van der Waals surface area (Å²) in [5.41, 5.74) is 1.50. The number of pyridine rings is 1. The third-order valence-electron chi connectivity index (χ3n) is 5.03. The molecule has 1 saturated heterocycles. The third kappa shape index (κ3) is 3.88. The standard InChI is InChI=1S/C19H25ClN4O/c1-14(2)23-12-9-15(10-13-23)22(3)18(25)8-7-16-19(20)21-17-6-4-5-11-24(16)17/h4-8,11,14-15H,9-10,12-13H2,1-3H3/b8-7+. The fourth-order valence-electron chi connectivity index (χ4n) is 3.37. The second-order valence-corrected chi connectivity index (χ2v) is 7.22. The molecule has 6 heteroatoms. The number of imidazole rings is 1. The summed E-state index contributed by atoms with van der Waals surface area (Å²) in [5.74, 6) is 0.00458. The maximum absolute atomic E-state index is 12.6. The summed E-state index contributed by atoms with van der Waals surface area (Å²) in [7, 11) is 1.89. The van der Waals surface area contributed by atoms with Gasteiger partial charge in [0.1, 0.15) is 5.65 Å². The number of aromatic nitrogens is 2. The molecule has 0 spiro atoms. The van der Waals surface area contributed by atoms with Crippen LogP contribution in [0.4, 0.5) is 0 Å². The normalized spacial score (nSPS) is 17.0. The topological polar surface area (TPSA) is 40.8 Å². The number of carbonyl (C=O) groups excluding carboxylic acids is 1. The zero-order chi connectivity index (χ0) is 18.0. The number of piperidine rings is 1. The lowest BCUT2D eigenvalue weighted by atomic mass is 10.0. The number of likely N-dealkylation sites (N-methyl/N-ethyl adjacent to an activating group) is 1. The van der Waals surface area contributed by atoms with Gasteiger partial charge in [-0.25, -0.2) is 4.98 Å². The lowest BCUT2D eigenvalue weighted by Gasteiger charge is -2.38. The van der Waals surface area contributed by atoms with Gasteiger partial charge in [-0.2, -0.15) is 0 Å². The number of halogens is 1. The molecule has 1 aliphatic heterocycles. The molecule has 134 valence electrons. The average Bonchev–Trinajstić information content (AvgIpc) is 2.94. The minimum absolute atomic E-state index is 0.00458. The first-order valence-electron chi connectivity index (χ1n) is 8.79. The highest BCUT2D eigenvalue weighted by Crippen LogP contribution is 2.20. The molecule has 0 aromatic carbocycles. The summed E-state index contributed by atoms with van der Waals surface area (Å²) >= 11 is 6.21. The maximum atomic E-state index is 12.6. The van der Waals surface area contributed by atoms with Gasteiger partial charge < -0.3 is 9.80 Å². The number of hydrogen-bond acceptors (Lipinski definition) is 3. The van der Waals surface area contributed by atoms with E-state index in [2.05, 4.69) is 23.7 Å². The van der Waals surface area contributed by atoms with E-state index in [-0.39, 0.29) is 5.91 Å². The molecule has 25 heavy (non-hydrogen) atoms.